The Kier molecular flexibility index (Phi) is 6.47. The molecule has 1 aliphatic rings. The Morgan fingerprint density at radius 3 is 2.72 bits per heavy atom. The first-order valence-electron chi connectivity index (χ1n) is 6.33. The van der Waals surface area contributed by atoms with Gasteiger partial charge in [0.2, 0.25) is 0 Å². The van der Waals surface area contributed by atoms with Gasteiger partial charge in [-0.2, -0.15) is 0 Å². The van der Waals surface area contributed by atoms with Gasteiger partial charge >= 0.3 is 0 Å². The van der Waals surface area contributed by atoms with E-state index >= 15 is 0 Å². The molecule has 0 bridgehead atoms. The first kappa shape index (κ1) is 15.8. The monoisotopic (exact) mass is 333 g/mol. The van der Waals surface area contributed by atoms with E-state index in [2.05, 4.69) is 53.3 Å². The van der Waals surface area contributed by atoms with Crippen molar-refractivity contribution in [2.75, 3.05) is 13.1 Å². The summed E-state index contributed by atoms with van der Waals surface area (Å²) in [5, 5.41) is 3.36. The first-order valence-corrected chi connectivity index (χ1v) is 7.13. The molecule has 0 aromatic heterocycles. The molecule has 1 fully saturated rings. The van der Waals surface area contributed by atoms with E-state index in [-0.39, 0.29) is 12.4 Å². The second-order valence-electron chi connectivity index (χ2n) is 4.93. The van der Waals surface area contributed by atoms with Gasteiger partial charge < -0.3 is 10.1 Å². The zero-order chi connectivity index (χ0) is 12.3. The minimum Gasteiger partial charge on any atom is -0.488 e. The summed E-state index contributed by atoms with van der Waals surface area (Å²) in [6.07, 6.45) is 2.66. The molecule has 1 aromatic carbocycles. The van der Waals surface area contributed by atoms with Gasteiger partial charge in [0.15, 0.2) is 0 Å². The Morgan fingerprint density at radius 2 is 2.17 bits per heavy atom. The Bertz CT molecular complexity index is 378. The molecule has 2 nitrogen and oxygen atoms in total. The fourth-order valence-corrected chi connectivity index (χ4v) is 2.56. The lowest BCUT2D eigenvalue weighted by Gasteiger charge is -2.24. The summed E-state index contributed by atoms with van der Waals surface area (Å²) >= 11 is 3.60. The van der Waals surface area contributed by atoms with Crippen molar-refractivity contribution in [2.24, 2.45) is 0 Å². The fraction of sp³-hybridized carbons (Fsp3) is 0.571. The lowest BCUT2D eigenvalue weighted by atomic mass is 10.0. The highest BCUT2D eigenvalue weighted by molar-refractivity contribution is 9.10. The third-order valence-corrected chi connectivity index (χ3v) is 3.79. The average Bonchev–Trinajstić information content (AvgIpc) is 2.33. The molecular weight excluding hydrogens is 314 g/mol. The molecule has 1 aromatic rings. The summed E-state index contributed by atoms with van der Waals surface area (Å²) < 4.78 is 7.08. The molecule has 1 unspecified atom stereocenters. The first-order chi connectivity index (χ1) is 8.16. The van der Waals surface area contributed by atoms with E-state index in [1.807, 2.05) is 0 Å². The van der Waals surface area contributed by atoms with E-state index in [0.717, 1.165) is 29.7 Å². The molecule has 0 amide bonds. The van der Waals surface area contributed by atoms with Crippen molar-refractivity contribution in [3.05, 3.63) is 28.2 Å². The van der Waals surface area contributed by atoms with Gasteiger partial charge in [-0.25, -0.2) is 0 Å². The second-order valence-corrected chi connectivity index (χ2v) is 5.79. The van der Waals surface area contributed by atoms with E-state index in [9.17, 15) is 0 Å². The van der Waals surface area contributed by atoms with Crippen molar-refractivity contribution in [1.82, 2.24) is 5.32 Å². The number of hydrogen-bond acceptors (Lipinski definition) is 2. The zero-order valence-electron chi connectivity index (χ0n) is 10.9. The molecule has 18 heavy (non-hydrogen) atoms. The minimum atomic E-state index is 0. The molecule has 1 atom stereocenters. The average molecular weight is 335 g/mol. The Morgan fingerprint density at radius 1 is 1.39 bits per heavy atom. The van der Waals surface area contributed by atoms with Crippen LogP contribution >= 0.6 is 28.3 Å². The number of piperidine rings is 1. The van der Waals surface area contributed by atoms with Gasteiger partial charge in [0.1, 0.15) is 11.9 Å². The number of hydrogen-bond donors (Lipinski definition) is 1. The van der Waals surface area contributed by atoms with E-state index in [4.69, 9.17) is 4.74 Å². The van der Waals surface area contributed by atoms with Crippen LogP contribution in [0.1, 0.15) is 38.2 Å². The summed E-state index contributed by atoms with van der Waals surface area (Å²) in [5.74, 6) is 1.51. The molecule has 2 rings (SSSR count). The molecule has 0 saturated carbocycles. The van der Waals surface area contributed by atoms with Crippen LogP contribution in [-0.4, -0.2) is 19.2 Å². The quantitative estimate of drug-likeness (QED) is 0.897. The van der Waals surface area contributed by atoms with E-state index in [0.29, 0.717) is 12.0 Å². The zero-order valence-corrected chi connectivity index (χ0v) is 13.3. The number of halogens is 2. The summed E-state index contributed by atoms with van der Waals surface area (Å²) in [7, 11) is 0. The molecule has 102 valence electrons. The van der Waals surface area contributed by atoms with Crippen molar-refractivity contribution < 1.29 is 4.74 Å². The Balaban J connectivity index is 0.00000162. The summed E-state index contributed by atoms with van der Waals surface area (Å²) in [4.78, 5) is 0. The van der Waals surface area contributed by atoms with E-state index in [1.54, 1.807) is 0 Å². The molecule has 1 heterocycles. The summed E-state index contributed by atoms with van der Waals surface area (Å²) in [6.45, 7) is 6.48. The minimum absolute atomic E-state index is 0. The molecule has 0 spiro atoms. The third-order valence-electron chi connectivity index (χ3n) is 3.17. The van der Waals surface area contributed by atoms with Gasteiger partial charge in [0.25, 0.3) is 0 Å². The predicted octanol–water partition coefficient (Wildman–Crippen LogP) is 4.13. The molecule has 1 saturated heterocycles. The molecule has 0 aliphatic carbocycles. The van der Waals surface area contributed by atoms with Crippen LogP contribution in [0.25, 0.3) is 0 Å². The molecular formula is C14H21BrClNO. The van der Waals surface area contributed by atoms with Gasteiger partial charge in [-0.1, -0.05) is 19.9 Å². The van der Waals surface area contributed by atoms with Gasteiger partial charge in [0.05, 0.1) is 4.47 Å². The molecule has 0 radical (unpaired) electrons. The molecule has 1 aliphatic heterocycles. The summed E-state index contributed by atoms with van der Waals surface area (Å²) in [5.41, 5.74) is 1.34. The van der Waals surface area contributed by atoms with Crippen LogP contribution in [0.5, 0.6) is 5.75 Å². The molecule has 4 heteroatoms. The Labute approximate surface area is 124 Å². The lowest BCUT2D eigenvalue weighted by molar-refractivity contribution is 0.166. The van der Waals surface area contributed by atoms with Crippen molar-refractivity contribution in [3.63, 3.8) is 0 Å². The van der Waals surface area contributed by atoms with E-state index in [1.165, 1.54) is 12.0 Å². The van der Waals surface area contributed by atoms with E-state index < -0.39 is 0 Å². The number of benzene rings is 1. The second kappa shape index (κ2) is 7.37. The number of rotatable bonds is 3. The van der Waals surface area contributed by atoms with Gasteiger partial charge in [-0.05, 0) is 58.9 Å². The highest BCUT2D eigenvalue weighted by Gasteiger charge is 2.15. The SMILES string of the molecule is CC(C)c1ccc(OC2CCCNC2)c(Br)c1.Cl. The highest BCUT2D eigenvalue weighted by atomic mass is 79.9. The van der Waals surface area contributed by atoms with Crippen LogP contribution in [-0.2, 0) is 0 Å². The van der Waals surface area contributed by atoms with Gasteiger partial charge in [-0.3, -0.25) is 0 Å². The standard InChI is InChI=1S/C14H20BrNO.ClH/c1-10(2)11-5-6-14(13(15)8-11)17-12-4-3-7-16-9-12;/h5-6,8,10,12,16H,3-4,7,9H2,1-2H3;1H. The largest absolute Gasteiger partial charge is 0.488 e. The van der Waals surface area contributed by atoms with Crippen LogP contribution in [0.15, 0.2) is 22.7 Å². The predicted molar refractivity (Wildman–Crippen MR) is 82.0 cm³/mol. The van der Waals surface area contributed by atoms with Gasteiger partial charge in [-0.15, -0.1) is 12.4 Å². The van der Waals surface area contributed by atoms with Crippen molar-refractivity contribution >= 4 is 28.3 Å². The number of ether oxygens (including phenoxy) is 1. The number of nitrogens with one attached hydrogen (secondary N) is 1. The van der Waals surface area contributed by atoms with Crippen LogP contribution < -0.4 is 10.1 Å². The third kappa shape index (κ3) is 4.15. The fourth-order valence-electron chi connectivity index (χ4n) is 2.07. The van der Waals surface area contributed by atoms with Crippen LogP contribution in [0.4, 0.5) is 0 Å². The topological polar surface area (TPSA) is 21.3 Å². The maximum absolute atomic E-state index is 6.01. The smallest absolute Gasteiger partial charge is 0.133 e. The maximum Gasteiger partial charge on any atom is 0.133 e. The van der Waals surface area contributed by atoms with Crippen LogP contribution in [0.3, 0.4) is 0 Å². The van der Waals surface area contributed by atoms with Crippen LogP contribution in [0, 0.1) is 0 Å². The maximum atomic E-state index is 6.01. The van der Waals surface area contributed by atoms with Gasteiger partial charge in [0, 0.05) is 6.54 Å². The van der Waals surface area contributed by atoms with Crippen molar-refractivity contribution in [1.29, 1.82) is 0 Å². The lowest BCUT2D eigenvalue weighted by Crippen LogP contribution is -2.37. The normalized spacial score (nSPS) is 19.4. The van der Waals surface area contributed by atoms with Crippen LogP contribution in [0.2, 0.25) is 0 Å². The molecule has 1 N–H and O–H groups in total. The van der Waals surface area contributed by atoms with Crippen molar-refractivity contribution in [3.8, 4) is 5.75 Å². The van der Waals surface area contributed by atoms with Crippen molar-refractivity contribution in [2.45, 2.75) is 38.7 Å². The Hall–Kier alpha value is -0.250. The summed E-state index contributed by atoms with van der Waals surface area (Å²) in [6, 6.07) is 6.39. The highest BCUT2D eigenvalue weighted by Crippen LogP contribution is 2.30.